The predicted molar refractivity (Wildman–Crippen MR) is 105 cm³/mol. The van der Waals surface area contributed by atoms with Gasteiger partial charge in [0.15, 0.2) is 11.7 Å². The van der Waals surface area contributed by atoms with E-state index in [1.165, 1.54) is 24.1 Å². The lowest BCUT2D eigenvalue weighted by atomic mass is 9.94. The lowest BCUT2D eigenvalue weighted by molar-refractivity contribution is -0.186. The van der Waals surface area contributed by atoms with Crippen LogP contribution in [0.4, 0.5) is 0 Å². The molecule has 0 bridgehead atoms. The van der Waals surface area contributed by atoms with E-state index < -0.39 is 0 Å². The van der Waals surface area contributed by atoms with Gasteiger partial charge in [-0.3, -0.25) is 4.99 Å². The molecule has 1 aromatic rings. The summed E-state index contributed by atoms with van der Waals surface area (Å²) in [5, 5.41) is 5.24. The highest BCUT2D eigenvalue weighted by atomic mass is 127. The van der Waals surface area contributed by atoms with Crippen LogP contribution in [0, 0.1) is 0 Å². The molecule has 1 aliphatic carbocycles. The van der Waals surface area contributed by atoms with Crippen molar-refractivity contribution >= 4 is 41.3 Å². The van der Waals surface area contributed by atoms with E-state index in [-0.39, 0.29) is 35.9 Å². The second-order valence-corrected chi connectivity index (χ2v) is 7.04. The number of guanidine groups is 1. The van der Waals surface area contributed by atoms with E-state index in [4.69, 9.17) is 15.2 Å². The smallest absolute Gasteiger partial charge is 0.188 e. The Labute approximate surface area is 159 Å². The highest BCUT2D eigenvalue weighted by Crippen LogP contribution is 2.37. The Bertz CT molecular complexity index is 490. The van der Waals surface area contributed by atoms with E-state index in [1.54, 1.807) is 11.3 Å². The van der Waals surface area contributed by atoms with Gasteiger partial charge in [-0.1, -0.05) is 12.5 Å². The monoisotopic (exact) mass is 451 g/mol. The minimum absolute atomic E-state index is 0. The summed E-state index contributed by atoms with van der Waals surface area (Å²) in [6, 6.07) is 4.20. The molecule has 5 nitrogen and oxygen atoms in total. The summed E-state index contributed by atoms with van der Waals surface area (Å²) in [7, 11) is 0. The molecule has 7 heteroatoms. The van der Waals surface area contributed by atoms with Crippen LogP contribution in [0.3, 0.4) is 0 Å². The topological polar surface area (TPSA) is 68.9 Å². The fourth-order valence-electron chi connectivity index (χ4n) is 3.08. The molecule has 2 heterocycles. The maximum Gasteiger partial charge on any atom is 0.188 e. The SMILES string of the molecule is I.NC(=NCC1COC2(CCCCC2)O1)NCCc1cccs1. The van der Waals surface area contributed by atoms with Crippen LogP contribution in [-0.4, -0.2) is 37.5 Å². The van der Waals surface area contributed by atoms with E-state index in [0.29, 0.717) is 19.1 Å². The molecule has 0 aromatic carbocycles. The summed E-state index contributed by atoms with van der Waals surface area (Å²) in [5.41, 5.74) is 5.91. The van der Waals surface area contributed by atoms with Gasteiger partial charge in [0.1, 0.15) is 6.10 Å². The first kappa shape index (κ1) is 19.0. The highest BCUT2D eigenvalue weighted by molar-refractivity contribution is 14.0. The standard InChI is InChI=1S/C16H25N3O2S.HI/c17-15(18-9-6-14-5-4-10-22-14)19-11-13-12-20-16(21-13)7-2-1-3-8-16;/h4-5,10,13H,1-3,6-9,11-12H2,(H3,17,18,19);1H. The number of hydrogen-bond acceptors (Lipinski definition) is 4. The Morgan fingerprint density at radius 3 is 2.96 bits per heavy atom. The molecule has 23 heavy (non-hydrogen) atoms. The lowest BCUT2D eigenvalue weighted by Crippen LogP contribution is -2.35. The molecule has 3 rings (SSSR count). The van der Waals surface area contributed by atoms with Crippen molar-refractivity contribution < 1.29 is 9.47 Å². The maximum absolute atomic E-state index is 6.09. The predicted octanol–water partition coefficient (Wildman–Crippen LogP) is 2.89. The van der Waals surface area contributed by atoms with E-state index >= 15 is 0 Å². The summed E-state index contributed by atoms with van der Waals surface area (Å²) in [6.07, 6.45) is 6.72. The molecule has 130 valence electrons. The first-order valence-electron chi connectivity index (χ1n) is 8.14. The van der Waals surface area contributed by atoms with Gasteiger partial charge in [-0.05, 0) is 30.7 Å². The normalized spacial score (nSPS) is 23.7. The maximum atomic E-state index is 6.09. The summed E-state index contributed by atoms with van der Waals surface area (Å²) < 4.78 is 12.0. The summed E-state index contributed by atoms with van der Waals surface area (Å²) in [5.74, 6) is 0.171. The molecule has 1 aliphatic heterocycles. The second-order valence-electron chi connectivity index (χ2n) is 6.00. The van der Waals surface area contributed by atoms with Crippen molar-refractivity contribution in [1.29, 1.82) is 0 Å². The van der Waals surface area contributed by atoms with Crippen LogP contribution >= 0.6 is 35.3 Å². The van der Waals surface area contributed by atoms with Gasteiger partial charge in [-0.25, -0.2) is 0 Å². The summed E-state index contributed by atoms with van der Waals surface area (Å²) >= 11 is 1.76. The molecule has 1 aromatic heterocycles. The number of rotatable bonds is 5. The second kappa shape index (κ2) is 9.19. The zero-order valence-corrected chi connectivity index (χ0v) is 16.5. The van der Waals surface area contributed by atoms with Crippen molar-refractivity contribution in [3.8, 4) is 0 Å². The van der Waals surface area contributed by atoms with E-state index in [9.17, 15) is 0 Å². The fraction of sp³-hybridized carbons (Fsp3) is 0.688. The quantitative estimate of drug-likeness (QED) is 0.411. The molecule has 0 radical (unpaired) electrons. The molecule has 3 N–H and O–H groups in total. The molecule has 1 saturated heterocycles. The summed E-state index contributed by atoms with van der Waals surface area (Å²) in [6.45, 7) is 2.01. The molecule has 1 spiro atoms. The number of ether oxygens (including phenoxy) is 2. The van der Waals surface area contributed by atoms with Crippen molar-refractivity contribution in [2.75, 3.05) is 19.7 Å². The van der Waals surface area contributed by atoms with Crippen LogP contribution in [0.25, 0.3) is 0 Å². The van der Waals surface area contributed by atoms with Crippen LogP contribution in [0.2, 0.25) is 0 Å². The van der Waals surface area contributed by atoms with Crippen molar-refractivity contribution in [3.63, 3.8) is 0 Å². The minimum atomic E-state index is -0.320. The van der Waals surface area contributed by atoms with Crippen LogP contribution < -0.4 is 11.1 Å². The Kier molecular flexibility index (Phi) is 7.58. The number of thiophene rings is 1. The highest BCUT2D eigenvalue weighted by Gasteiger charge is 2.41. The number of nitrogens with two attached hydrogens (primary N) is 1. The molecule has 1 saturated carbocycles. The Hall–Kier alpha value is -0.380. The van der Waals surface area contributed by atoms with Gasteiger partial charge in [0.2, 0.25) is 0 Å². The number of nitrogens with one attached hydrogen (secondary N) is 1. The Balaban J connectivity index is 0.00000192. The van der Waals surface area contributed by atoms with Crippen molar-refractivity contribution in [3.05, 3.63) is 22.4 Å². The molecular formula is C16H26IN3O2S. The lowest BCUT2D eigenvalue weighted by Gasteiger charge is -2.31. The van der Waals surface area contributed by atoms with Crippen LogP contribution in [0.15, 0.2) is 22.5 Å². The third kappa shape index (κ3) is 5.58. The fourth-order valence-corrected chi connectivity index (χ4v) is 3.79. The average Bonchev–Trinajstić information content (AvgIpc) is 3.17. The number of aliphatic imine (C=N–C) groups is 1. The third-order valence-electron chi connectivity index (χ3n) is 4.25. The van der Waals surface area contributed by atoms with Gasteiger partial charge >= 0.3 is 0 Å². The molecule has 1 atom stereocenters. The van der Waals surface area contributed by atoms with Gasteiger partial charge in [0.25, 0.3) is 0 Å². The third-order valence-corrected chi connectivity index (χ3v) is 5.19. The van der Waals surface area contributed by atoms with Crippen molar-refractivity contribution in [2.24, 2.45) is 10.7 Å². The number of nitrogens with zero attached hydrogens (tertiary/aromatic N) is 1. The van der Waals surface area contributed by atoms with Gasteiger partial charge in [-0.15, -0.1) is 35.3 Å². The molecule has 2 aliphatic rings. The number of hydrogen-bond donors (Lipinski definition) is 2. The first-order chi connectivity index (χ1) is 10.8. The Morgan fingerprint density at radius 1 is 1.39 bits per heavy atom. The van der Waals surface area contributed by atoms with Gasteiger partial charge in [0.05, 0.1) is 13.2 Å². The van der Waals surface area contributed by atoms with E-state index in [2.05, 4.69) is 27.8 Å². The van der Waals surface area contributed by atoms with Crippen LogP contribution in [0.5, 0.6) is 0 Å². The van der Waals surface area contributed by atoms with E-state index in [1.807, 2.05) is 0 Å². The van der Waals surface area contributed by atoms with Gasteiger partial charge < -0.3 is 20.5 Å². The van der Waals surface area contributed by atoms with Crippen molar-refractivity contribution in [2.45, 2.75) is 50.4 Å². The molecular weight excluding hydrogens is 425 g/mol. The van der Waals surface area contributed by atoms with Crippen molar-refractivity contribution in [1.82, 2.24) is 5.32 Å². The van der Waals surface area contributed by atoms with E-state index in [0.717, 1.165) is 25.8 Å². The summed E-state index contributed by atoms with van der Waals surface area (Å²) in [4.78, 5) is 5.74. The van der Waals surface area contributed by atoms with Gasteiger partial charge in [-0.2, -0.15) is 0 Å². The minimum Gasteiger partial charge on any atom is -0.370 e. The molecule has 2 fully saturated rings. The zero-order valence-electron chi connectivity index (χ0n) is 13.3. The largest absolute Gasteiger partial charge is 0.370 e. The van der Waals surface area contributed by atoms with Gasteiger partial charge in [0, 0.05) is 24.3 Å². The number of halogens is 1. The molecule has 1 unspecified atom stereocenters. The van der Waals surface area contributed by atoms with Crippen LogP contribution in [-0.2, 0) is 15.9 Å². The first-order valence-corrected chi connectivity index (χ1v) is 9.02. The zero-order chi connectivity index (χ0) is 15.3. The average molecular weight is 451 g/mol. The van der Waals surface area contributed by atoms with Crippen LogP contribution in [0.1, 0.15) is 37.0 Å². The Morgan fingerprint density at radius 2 is 2.22 bits per heavy atom. The molecule has 0 amide bonds.